The number of esters is 1. The van der Waals surface area contributed by atoms with E-state index in [0.717, 1.165) is 5.56 Å². The maximum Gasteiger partial charge on any atom is 0.336 e. The summed E-state index contributed by atoms with van der Waals surface area (Å²) in [5, 5.41) is 5.63. The molecule has 0 saturated carbocycles. The first-order valence-electron chi connectivity index (χ1n) is 12.1. The largest absolute Gasteiger partial charge is 0.493 e. The van der Waals surface area contributed by atoms with Crippen LogP contribution in [0.5, 0.6) is 11.5 Å². The molecule has 0 aliphatic rings. The topological polar surface area (TPSA) is 82.8 Å². The normalized spacial score (nSPS) is 11.4. The minimum Gasteiger partial charge on any atom is -0.493 e. The van der Waals surface area contributed by atoms with Crippen molar-refractivity contribution >= 4 is 52.4 Å². The Hall–Kier alpha value is -4.72. The quantitative estimate of drug-likeness (QED) is 0.0922. The van der Waals surface area contributed by atoms with Crippen LogP contribution < -0.4 is 15.0 Å². The molecule has 7 nitrogen and oxygen atoms in total. The summed E-state index contributed by atoms with van der Waals surface area (Å²) >= 11 is 12.5. The average molecular weight is 570 g/mol. The van der Waals surface area contributed by atoms with Crippen LogP contribution in [-0.4, -0.2) is 29.0 Å². The summed E-state index contributed by atoms with van der Waals surface area (Å²) in [5.74, 6) is 0.252. The second-order valence-electron chi connectivity index (χ2n) is 8.51. The molecule has 0 aliphatic carbocycles. The lowest BCUT2D eigenvalue weighted by Crippen LogP contribution is -2.20. The van der Waals surface area contributed by atoms with Gasteiger partial charge in [0.2, 0.25) is 0 Å². The zero-order valence-electron chi connectivity index (χ0n) is 21.1. The first kappa shape index (κ1) is 26.9. The number of para-hydroxylation sites is 1. The zero-order chi connectivity index (χ0) is 28.1. The van der Waals surface area contributed by atoms with Crippen LogP contribution in [0.3, 0.4) is 0 Å². The van der Waals surface area contributed by atoms with Crippen LogP contribution in [-0.2, 0) is 4.79 Å². The van der Waals surface area contributed by atoms with Gasteiger partial charge in [0, 0.05) is 16.7 Å². The van der Waals surface area contributed by atoms with Crippen molar-refractivity contribution in [3.8, 4) is 22.9 Å². The summed E-state index contributed by atoms with van der Waals surface area (Å²) in [6.07, 6.45) is 4.48. The van der Waals surface area contributed by atoms with Crippen molar-refractivity contribution in [1.29, 1.82) is 0 Å². The van der Waals surface area contributed by atoms with Gasteiger partial charge >= 0.3 is 5.97 Å². The lowest BCUT2D eigenvalue weighted by Gasteiger charge is -2.11. The van der Waals surface area contributed by atoms with Gasteiger partial charge < -0.3 is 9.47 Å². The molecule has 0 radical (unpaired) electrons. The summed E-state index contributed by atoms with van der Waals surface area (Å²) in [5.41, 5.74) is 2.09. The number of fused-ring (bicyclic) bond motifs is 1. The molecular weight excluding hydrogens is 549 g/mol. The fourth-order valence-electron chi connectivity index (χ4n) is 3.92. The highest BCUT2D eigenvalue weighted by atomic mass is 35.5. The number of halogens is 2. The van der Waals surface area contributed by atoms with Gasteiger partial charge in [-0.2, -0.15) is 9.78 Å². The molecular formula is C31H21Cl2N3O4. The summed E-state index contributed by atoms with van der Waals surface area (Å²) < 4.78 is 12.1. The Morgan fingerprint density at radius 1 is 0.900 bits per heavy atom. The highest BCUT2D eigenvalue weighted by molar-refractivity contribution is 6.36. The van der Waals surface area contributed by atoms with Crippen molar-refractivity contribution in [2.24, 2.45) is 5.10 Å². The van der Waals surface area contributed by atoms with Crippen molar-refractivity contribution < 1.29 is 14.3 Å². The SMILES string of the molecule is COc1cc(C=Nn2c(-c3ccc(Cl)cc3Cl)nc3ccccc3c2=O)ccc1OC(=O)/C=C/c1ccccc1. The molecule has 198 valence electrons. The third-order valence-corrected chi connectivity index (χ3v) is 6.41. The van der Waals surface area contributed by atoms with Crippen molar-refractivity contribution in [3.05, 3.63) is 129 Å². The maximum atomic E-state index is 13.4. The lowest BCUT2D eigenvalue weighted by atomic mass is 10.2. The number of nitrogens with zero attached hydrogens (tertiary/aromatic N) is 3. The molecule has 0 N–H and O–H groups in total. The number of hydrogen-bond acceptors (Lipinski definition) is 6. The molecule has 1 aromatic heterocycles. The lowest BCUT2D eigenvalue weighted by molar-refractivity contribution is -0.129. The highest BCUT2D eigenvalue weighted by Gasteiger charge is 2.15. The van der Waals surface area contributed by atoms with E-state index in [1.807, 2.05) is 30.3 Å². The van der Waals surface area contributed by atoms with E-state index in [1.54, 1.807) is 66.7 Å². The number of aromatic nitrogens is 2. The van der Waals surface area contributed by atoms with Crippen LogP contribution in [0.1, 0.15) is 11.1 Å². The zero-order valence-corrected chi connectivity index (χ0v) is 22.6. The van der Waals surface area contributed by atoms with Crippen molar-refractivity contribution in [2.75, 3.05) is 7.11 Å². The summed E-state index contributed by atoms with van der Waals surface area (Å²) in [6, 6.07) is 26.2. The van der Waals surface area contributed by atoms with Gasteiger partial charge in [-0.05, 0) is 65.7 Å². The van der Waals surface area contributed by atoms with Gasteiger partial charge in [0.1, 0.15) is 0 Å². The van der Waals surface area contributed by atoms with Crippen LogP contribution in [0.15, 0.2) is 107 Å². The summed E-state index contributed by atoms with van der Waals surface area (Å²) in [7, 11) is 1.46. The Morgan fingerprint density at radius 2 is 1.68 bits per heavy atom. The van der Waals surface area contributed by atoms with Gasteiger partial charge in [-0.15, -0.1) is 0 Å². The third-order valence-electron chi connectivity index (χ3n) is 5.86. The van der Waals surface area contributed by atoms with E-state index >= 15 is 0 Å². The predicted molar refractivity (Wildman–Crippen MR) is 159 cm³/mol. The number of rotatable bonds is 7. The number of hydrogen-bond donors (Lipinski definition) is 0. The maximum absolute atomic E-state index is 13.4. The van der Waals surface area contributed by atoms with Crippen LogP contribution in [0.2, 0.25) is 10.0 Å². The first-order chi connectivity index (χ1) is 19.4. The van der Waals surface area contributed by atoms with Gasteiger partial charge in [0.25, 0.3) is 5.56 Å². The monoisotopic (exact) mass is 569 g/mol. The summed E-state index contributed by atoms with van der Waals surface area (Å²) in [4.78, 5) is 30.5. The molecule has 0 atom stereocenters. The Balaban J connectivity index is 1.47. The number of ether oxygens (including phenoxy) is 2. The predicted octanol–water partition coefficient (Wildman–Crippen LogP) is 6.88. The number of methoxy groups -OCH3 is 1. The first-order valence-corrected chi connectivity index (χ1v) is 12.8. The molecule has 0 bridgehead atoms. The molecule has 5 aromatic rings. The molecule has 0 saturated heterocycles. The third kappa shape index (κ3) is 5.96. The molecule has 4 aromatic carbocycles. The molecule has 0 spiro atoms. The van der Waals surface area contributed by atoms with E-state index in [-0.39, 0.29) is 17.1 Å². The molecule has 0 fully saturated rings. The Kier molecular flexibility index (Phi) is 8.05. The average Bonchev–Trinajstić information content (AvgIpc) is 2.97. The standard InChI is InChI=1S/C31H21Cl2N3O4/c1-39-28-17-21(11-15-27(28)40-29(37)16-12-20-7-3-2-4-8-20)19-34-36-30(23-14-13-22(32)18-25(23)33)35-26-10-6-5-9-24(26)31(36)38/h2-19H,1H3/b16-12+,34-19?. The van der Waals surface area contributed by atoms with E-state index in [2.05, 4.69) is 10.1 Å². The smallest absolute Gasteiger partial charge is 0.336 e. The fourth-order valence-corrected chi connectivity index (χ4v) is 4.41. The molecule has 40 heavy (non-hydrogen) atoms. The second kappa shape index (κ2) is 12.0. The summed E-state index contributed by atoms with van der Waals surface area (Å²) in [6.45, 7) is 0. The van der Waals surface area contributed by atoms with Gasteiger partial charge in [0.05, 0.1) is 29.2 Å². The molecule has 5 rings (SSSR count). The Bertz CT molecular complexity index is 1830. The fraction of sp³-hybridized carbons (Fsp3) is 0.0323. The van der Waals surface area contributed by atoms with E-state index < -0.39 is 5.97 Å². The van der Waals surface area contributed by atoms with Crippen molar-refractivity contribution in [3.63, 3.8) is 0 Å². The molecule has 9 heteroatoms. The van der Waals surface area contributed by atoms with E-state index in [4.69, 9.17) is 32.7 Å². The van der Waals surface area contributed by atoms with Crippen LogP contribution >= 0.6 is 23.2 Å². The number of benzene rings is 4. The van der Waals surface area contributed by atoms with E-state index in [1.165, 1.54) is 24.1 Å². The van der Waals surface area contributed by atoms with E-state index in [0.29, 0.717) is 37.8 Å². The Labute approximate surface area is 239 Å². The van der Waals surface area contributed by atoms with Crippen molar-refractivity contribution in [2.45, 2.75) is 0 Å². The van der Waals surface area contributed by atoms with Crippen LogP contribution in [0, 0.1) is 0 Å². The number of carbonyl (C=O) groups excluding carboxylic acids is 1. The van der Waals surface area contributed by atoms with Crippen LogP contribution in [0.25, 0.3) is 28.4 Å². The minimum absolute atomic E-state index is 0.237. The second-order valence-corrected chi connectivity index (χ2v) is 9.36. The van der Waals surface area contributed by atoms with Gasteiger partial charge in [-0.25, -0.2) is 9.78 Å². The van der Waals surface area contributed by atoms with Gasteiger partial charge in [0.15, 0.2) is 17.3 Å². The molecule has 1 heterocycles. The van der Waals surface area contributed by atoms with Gasteiger partial charge in [-0.1, -0.05) is 65.7 Å². The Morgan fingerprint density at radius 3 is 2.45 bits per heavy atom. The number of carbonyl (C=O) groups is 1. The highest BCUT2D eigenvalue weighted by Crippen LogP contribution is 2.30. The van der Waals surface area contributed by atoms with Gasteiger partial charge in [-0.3, -0.25) is 4.79 Å². The molecule has 0 amide bonds. The van der Waals surface area contributed by atoms with E-state index in [9.17, 15) is 9.59 Å². The van der Waals surface area contributed by atoms with Crippen molar-refractivity contribution in [1.82, 2.24) is 9.66 Å². The van der Waals surface area contributed by atoms with Crippen LogP contribution in [0.4, 0.5) is 0 Å². The minimum atomic E-state index is -0.554. The molecule has 0 unspecified atom stereocenters. The molecule has 0 aliphatic heterocycles.